The molecule has 3 N–H and O–H groups in total. The Kier molecular flexibility index (Phi) is 8.14. The van der Waals surface area contributed by atoms with Gasteiger partial charge in [-0.05, 0) is 24.3 Å². The maximum absolute atomic E-state index is 12.1. The number of thiophene rings is 1. The van der Waals surface area contributed by atoms with Crippen molar-refractivity contribution in [2.24, 2.45) is 0 Å². The van der Waals surface area contributed by atoms with Gasteiger partial charge in [-0.2, -0.15) is 0 Å². The summed E-state index contributed by atoms with van der Waals surface area (Å²) in [6.45, 7) is 1.08. The highest BCUT2D eigenvalue weighted by Crippen LogP contribution is 2.42. The van der Waals surface area contributed by atoms with Crippen molar-refractivity contribution in [1.82, 2.24) is 0 Å². The van der Waals surface area contributed by atoms with Crippen LogP contribution in [0.15, 0.2) is 107 Å². The Hall–Kier alpha value is -3.56. The van der Waals surface area contributed by atoms with Gasteiger partial charge < -0.3 is 5.11 Å². The maximum Gasteiger partial charge on any atom is 0.300 e. The van der Waals surface area contributed by atoms with E-state index >= 15 is 0 Å². The summed E-state index contributed by atoms with van der Waals surface area (Å²) in [7, 11) is -3.26. The first kappa shape index (κ1) is 25.1. The average molecular weight is 495 g/mol. The number of hydrogen-bond acceptors (Lipinski definition) is 6. The minimum absolute atomic E-state index is 0.422. The van der Waals surface area contributed by atoms with Crippen LogP contribution in [0, 0.1) is 0 Å². The number of rotatable bonds is 0. The number of fused-ring (bicyclic) bond motifs is 6. The van der Waals surface area contributed by atoms with Crippen LogP contribution in [0.2, 0.25) is 0 Å². The molecule has 8 heteroatoms. The van der Waals surface area contributed by atoms with E-state index < -0.39 is 15.8 Å². The molecule has 5 aromatic rings. The van der Waals surface area contributed by atoms with Crippen LogP contribution in [0.3, 0.4) is 0 Å². The molecule has 0 radical (unpaired) electrons. The molecule has 1 aromatic heterocycles. The van der Waals surface area contributed by atoms with Gasteiger partial charge in [-0.1, -0.05) is 72.8 Å². The molecule has 0 atom stereocenters. The first-order valence-corrected chi connectivity index (χ1v) is 12.4. The number of benzene rings is 4. The van der Waals surface area contributed by atoms with Crippen molar-refractivity contribution in [2.75, 3.05) is 0 Å². The molecule has 0 bridgehead atoms. The van der Waals surface area contributed by atoms with Crippen LogP contribution in [0.25, 0.3) is 31.3 Å². The lowest BCUT2D eigenvalue weighted by molar-refractivity contribution is -0.176. The summed E-state index contributed by atoms with van der Waals surface area (Å²) < 4.78 is 26.9. The number of carbonyl (C=O) groups is 1. The number of carboxylic acid groups (broad SMARTS) is 1. The molecule has 0 unspecified atom stereocenters. The maximum atomic E-state index is 12.1. The first-order valence-electron chi connectivity index (χ1n) is 10.1. The lowest BCUT2D eigenvalue weighted by Crippen LogP contribution is -1.95. The van der Waals surface area contributed by atoms with Gasteiger partial charge in [-0.15, -0.1) is 11.3 Å². The molecule has 0 saturated heterocycles. The van der Waals surface area contributed by atoms with E-state index in [2.05, 4.69) is 48.5 Å². The average Bonchev–Trinajstić information content (AvgIpc) is 3.34. The Bertz CT molecular complexity index is 1430. The Labute approximate surface area is 200 Å². The third kappa shape index (κ3) is 5.16. The van der Waals surface area contributed by atoms with Crippen molar-refractivity contribution in [2.45, 2.75) is 16.7 Å². The summed E-state index contributed by atoms with van der Waals surface area (Å²) in [4.78, 5) is 9.84. The number of sulfone groups is 1. The summed E-state index contributed by atoms with van der Waals surface area (Å²) in [5.41, 5.74) is 1.63. The Morgan fingerprint density at radius 2 is 0.971 bits per heavy atom. The van der Waals surface area contributed by atoms with Crippen molar-refractivity contribution >= 4 is 47.3 Å². The molecule has 2 heterocycles. The predicted octanol–water partition coefficient (Wildman–Crippen LogP) is 6.66. The molecule has 6 nitrogen and oxygen atoms in total. The second-order valence-corrected chi connectivity index (χ2v) is 10.1. The summed E-state index contributed by atoms with van der Waals surface area (Å²) in [6, 6.07) is 31.4. The van der Waals surface area contributed by atoms with Gasteiger partial charge in [-0.3, -0.25) is 15.3 Å². The van der Waals surface area contributed by atoms with Crippen LogP contribution in [0.1, 0.15) is 6.92 Å². The Morgan fingerprint density at radius 3 is 1.38 bits per heavy atom. The minimum Gasteiger partial charge on any atom is -0.481 e. The molecule has 0 saturated carbocycles. The number of hydrogen-bond donors (Lipinski definition) is 3. The van der Waals surface area contributed by atoms with Crippen LogP contribution in [-0.2, 0) is 14.6 Å². The Balaban J connectivity index is 0.000000157. The van der Waals surface area contributed by atoms with E-state index in [1.54, 1.807) is 24.3 Å². The van der Waals surface area contributed by atoms with E-state index in [4.69, 9.17) is 20.4 Å². The predicted molar refractivity (Wildman–Crippen MR) is 135 cm³/mol. The van der Waals surface area contributed by atoms with Gasteiger partial charge in [0.1, 0.15) is 0 Å². The smallest absolute Gasteiger partial charge is 0.300 e. The van der Waals surface area contributed by atoms with Crippen LogP contribution >= 0.6 is 11.3 Å². The third-order valence-corrected chi connectivity index (χ3v) is 7.95. The zero-order valence-electron chi connectivity index (χ0n) is 18.1. The zero-order valence-corrected chi connectivity index (χ0v) is 19.8. The molecule has 4 aromatic carbocycles. The SMILES string of the molecule is CC(=O)O.O=S1(=O)c2ccccc2-c2ccccc21.OO.c1ccc2c(c1)sc1ccccc12. The normalized spacial score (nSPS) is 12.1. The van der Waals surface area contributed by atoms with Crippen LogP contribution in [0.4, 0.5) is 0 Å². The molecular weight excluding hydrogens is 472 g/mol. The number of carboxylic acids is 1. The van der Waals surface area contributed by atoms with Crippen LogP contribution in [-0.4, -0.2) is 30.0 Å². The van der Waals surface area contributed by atoms with Gasteiger partial charge in [-0.25, -0.2) is 8.42 Å². The van der Waals surface area contributed by atoms with Crippen molar-refractivity contribution < 1.29 is 28.8 Å². The fraction of sp³-hybridized carbons (Fsp3) is 0.0385. The molecular formula is C26H22O6S2. The largest absolute Gasteiger partial charge is 0.481 e. The molecule has 1 aliphatic rings. The standard InChI is InChI=1S/C12H8O2S.C12H8S.C2H4O2.H2O2/c13-15(14)11-7-3-1-5-9(11)10-6-2-4-8-12(10)15;1-3-7-11-9(5-1)10-6-2-4-8-12(10)13-11;1-2(3)4;1-2/h1-8H;1-8H;1H3,(H,3,4);1-2H. The monoisotopic (exact) mass is 494 g/mol. The fourth-order valence-corrected chi connectivity index (χ4v) is 6.43. The van der Waals surface area contributed by atoms with Crippen molar-refractivity contribution in [1.29, 1.82) is 0 Å². The van der Waals surface area contributed by atoms with E-state index in [0.29, 0.717) is 9.79 Å². The van der Waals surface area contributed by atoms with E-state index in [1.807, 2.05) is 35.6 Å². The van der Waals surface area contributed by atoms with E-state index in [1.165, 1.54) is 20.2 Å². The topological polar surface area (TPSA) is 112 Å². The lowest BCUT2D eigenvalue weighted by atomic mass is 10.1. The van der Waals surface area contributed by atoms with Crippen molar-refractivity contribution in [3.63, 3.8) is 0 Å². The molecule has 174 valence electrons. The summed E-state index contributed by atoms with van der Waals surface area (Å²) >= 11 is 1.86. The molecule has 0 spiro atoms. The van der Waals surface area contributed by atoms with Crippen molar-refractivity contribution in [3.8, 4) is 11.1 Å². The summed E-state index contributed by atoms with van der Waals surface area (Å²) in [5.74, 6) is -0.833. The molecule has 0 aliphatic carbocycles. The van der Waals surface area contributed by atoms with E-state index in [0.717, 1.165) is 18.1 Å². The fourth-order valence-electron chi connectivity index (χ4n) is 3.64. The van der Waals surface area contributed by atoms with Crippen LogP contribution in [0.5, 0.6) is 0 Å². The second kappa shape index (κ2) is 11.0. The lowest BCUT2D eigenvalue weighted by Gasteiger charge is -1.95. The highest BCUT2D eigenvalue weighted by Gasteiger charge is 2.31. The van der Waals surface area contributed by atoms with Gasteiger partial charge in [0.05, 0.1) is 9.79 Å². The number of aliphatic carboxylic acids is 1. The molecule has 0 amide bonds. The minimum atomic E-state index is -3.26. The third-order valence-electron chi connectivity index (χ3n) is 4.93. The molecule has 1 aliphatic heterocycles. The zero-order chi connectivity index (χ0) is 24.7. The van der Waals surface area contributed by atoms with E-state index in [9.17, 15) is 8.42 Å². The molecule has 0 fully saturated rings. The first-order chi connectivity index (χ1) is 16.4. The van der Waals surface area contributed by atoms with Gasteiger partial charge in [0.15, 0.2) is 0 Å². The molecule has 34 heavy (non-hydrogen) atoms. The highest BCUT2D eigenvalue weighted by molar-refractivity contribution is 7.92. The quantitative estimate of drug-likeness (QED) is 0.161. The van der Waals surface area contributed by atoms with Crippen LogP contribution < -0.4 is 0 Å². The van der Waals surface area contributed by atoms with Gasteiger partial charge in [0, 0.05) is 38.2 Å². The molecule has 6 rings (SSSR count). The van der Waals surface area contributed by atoms with Gasteiger partial charge in [0.25, 0.3) is 5.97 Å². The highest BCUT2D eigenvalue weighted by atomic mass is 32.2. The van der Waals surface area contributed by atoms with Gasteiger partial charge >= 0.3 is 0 Å². The van der Waals surface area contributed by atoms with E-state index in [-0.39, 0.29) is 0 Å². The Morgan fingerprint density at radius 1 is 0.647 bits per heavy atom. The second-order valence-electron chi connectivity index (χ2n) is 7.11. The summed E-state index contributed by atoms with van der Waals surface area (Å²) in [5, 5.41) is 22.2. The van der Waals surface area contributed by atoms with Gasteiger partial charge in [0.2, 0.25) is 9.84 Å². The summed E-state index contributed by atoms with van der Waals surface area (Å²) in [6.07, 6.45) is 0. The van der Waals surface area contributed by atoms with Crippen molar-refractivity contribution in [3.05, 3.63) is 97.1 Å².